The number of hydrogen-bond acceptors (Lipinski definition) is 2. The summed E-state index contributed by atoms with van der Waals surface area (Å²) in [4.78, 5) is 3.31. The summed E-state index contributed by atoms with van der Waals surface area (Å²) in [6.07, 6.45) is -0.513. The van der Waals surface area contributed by atoms with E-state index in [0.717, 1.165) is 0 Å². The lowest BCUT2D eigenvalue weighted by atomic mass is 10.7. The Bertz CT molecular complexity index is 191. The van der Waals surface area contributed by atoms with Gasteiger partial charge in [0.05, 0.1) is 0 Å². The van der Waals surface area contributed by atoms with Crippen molar-refractivity contribution in [2.75, 3.05) is 0 Å². The summed E-state index contributed by atoms with van der Waals surface area (Å²) < 4.78 is 4.43. The summed E-state index contributed by atoms with van der Waals surface area (Å²) in [5.41, 5.74) is 0. The lowest BCUT2D eigenvalue weighted by Crippen LogP contribution is -2.57. The van der Waals surface area contributed by atoms with Crippen molar-refractivity contribution in [1.82, 2.24) is 4.98 Å². The Morgan fingerprint density at radius 1 is 1.00 bits per heavy atom. The third-order valence-corrected chi connectivity index (χ3v) is 4.00. The molecule has 1 atom stereocenters. The number of rotatable bonds is 4. The zero-order valence-electron chi connectivity index (χ0n) is 10.1. The average molecular weight is 309 g/mol. The van der Waals surface area contributed by atoms with Crippen LogP contribution in [0.5, 0.6) is 0 Å². The van der Waals surface area contributed by atoms with Crippen LogP contribution in [0, 0.1) is 0 Å². The second-order valence-corrected chi connectivity index (χ2v) is 17.2. The molecule has 1 unspecified atom stereocenters. The summed E-state index contributed by atoms with van der Waals surface area (Å²) in [5.74, 6) is 0. The predicted molar refractivity (Wildman–Crippen MR) is 75.0 cm³/mol. The van der Waals surface area contributed by atoms with Crippen molar-refractivity contribution in [3.63, 3.8) is 0 Å². The van der Waals surface area contributed by atoms with E-state index in [-0.39, 0.29) is 0 Å². The van der Waals surface area contributed by atoms with Gasteiger partial charge in [0.1, 0.15) is 14.5 Å². The Hall–Kier alpha value is 1.22. The van der Waals surface area contributed by atoms with Crippen molar-refractivity contribution in [2.45, 2.75) is 49.3 Å². The number of nitrogens with one attached hydrogen (secondary N) is 1. The Morgan fingerprint density at radius 3 is 1.60 bits per heavy atom. The third-order valence-electron chi connectivity index (χ3n) is 1.33. The first kappa shape index (κ1) is 16.2. The van der Waals surface area contributed by atoms with Crippen molar-refractivity contribution >= 4 is 51.4 Å². The zero-order chi connectivity index (χ0) is 12.5. The predicted octanol–water partition coefficient (Wildman–Crippen LogP) is 3.96. The third kappa shape index (κ3) is 8.97. The number of alkyl halides is 3. The van der Waals surface area contributed by atoms with Crippen LogP contribution >= 0.6 is 34.8 Å². The minimum Gasteiger partial charge on any atom is -0.399 e. The normalized spacial score (nSPS) is 16.6. The van der Waals surface area contributed by atoms with Crippen LogP contribution in [0.1, 0.15) is 0 Å². The molecular weight excluding hydrogens is 289 g/mol. The van der Waals surface area contributed by atoms with Gasteiger partial charge >= 0.3 is 0 Å². The fourth-order valence-electron chi connectivity index (χ4n) is 0.925. The van der Waals surface area contributed by atoms with Crippen LogP contribution in [-0.4, -0.2) is 26.6 Å². The van der Waals surface area contributed by atoms with Crippen molar-refractivity contribution < 1.29 is 4.43 Å². The van der Waals surface area contributed by atoms with Gasteiger partial charge in [0.25, 0.3) is 0 Å². The van der Waals surface area contributed by atoms with Gasteiger partial charge in [-0.2, -0.15) is 0 Å². The Kier molecular flexibility index (Phi) is 5.68. The zero-order valence-corrected chi connectivity index (χ0v) is 14.4. The molecule has 0 spiro atoms. The first-order valence-electron chi connectivity index (χ1n) is 4.83. The van der Waals surface area contributed by atoms with E-state index in [2.05, 4.69) is 44.3 Å². The maximum Gasteiger partial charge on any atom is 0.227 e. The van der Waals surface area contributed by atoms with E-state index in [0.29, 0.717) is 0 Å². The second kappa shape index (κ2) is 5.25. The lowest BCUT2D eigenvalue weighted by molar-refractivity contribution is 0.184. The molecule has 0 aromatic heterocycles. The van der Waals surface area contributed by atoms with Crippen LogP contribution in [0.25, 0.3) is 0 Å². The van der Waals surface area contributed by atoms with Gasteiger partial charge in [0.15, 0.2) is 8.32 Å². The molecule has 7 heteroatoms. The highest BCUT2D eigenvalue weighted by Gasteiger charge is 2.39. The van der Waals surface area contributed by atoms with Gasteiger partial charge < -0.3 is 9.41 Å². The minimum absolute atomic E-state index is 0.513. The fraction of sp³-hybridized carbons (Fsp3) is 1.00. The summed E-state index contributed by atoms with van der Waals surface area (Å²) in [5, 5.41) is 0. The molecule has 0 rings (SSSR count). The van der Waals surface area contributed by atoms with E-state index < -0.39 is 26.6 Å². The molecule has 0 radical (unpaired) electrons. The molecule has 0 fully saturated rings. The minimum atomic E-state index is -1.72. The van der Waals surface area contributed by atoms with Gasteiger partial charge in [0.2, 0.25) is 3.79 Å². The van der Waals surface area contributed by atoms with Gasteiger partial charge in [-0.15, -0.1) is 0 Å². The van der Waals surface area contributed by atoms with Crippen LogP contribution in [0.15, 0.2) is 0 Å². The summed E-state index contributed by atoms with van der Waals surface area (Å²) >= 11 is 17.7. The Labute approximate surface area is 110 Å². The van der Waals surface area contributed by atoms with Crippen molar-refractivity contribution in [3.05, 3.63) is 0 Å². The van der Waals surface area contributed by atoms with E-state index in [1.807, 2.05) is 0 Å². The van der Waals surface area contributed by atoms with Gasteiger partial charge in [0, 0.05) is 0 Å². The van der Waals surface area contributed by atoms with E-state index >= 15 is 0 Å². The van der Waals surface area contributed by atoms with E-state index in [1.54, 1.807) is 0 Å². The van der Waals surface area contributed by atoms with Gasteiger partial charge in [-0.1, -0.05) is 54.4 Å². The van der Waals surface area contributed by atoms with E-state index in [4.69, 9.17) is 39.2 Å². The number of halogens is 3. The molecule has 0 aromatic carbocycles. The molecule has 0 saturated heterocycles. The first-order valence-corrected chi connectivity index (χ1v) is 12.9. The van der Waals surface area contributed by atoms with Crippen molar-refractivity contribution in [1.29, 1.82) is 0 Å². The van der Waals surface area contributed by atoms with Crippen molar-refractivity contribution in [2.24, 2.45) is 0 Å². The van der Waals surface area contributed by atoms with Crippen LogP contribution in [-0.2, 0) is 4.43 Å². The van der Waals surface area contributed by atoms with Crippen molar-refractivity contribution in [3.8, 4) is 0 Å². The molecule has 92 valence electrons. The second-order valence-electron chi connectivity index (χ2n) is 5.55. The SMILES string of the molecule is C[Si](C)(C)NC(O[Si](C)(C)C)C(Cl)(Cl)Cl. The molecule has 15 heavy (non-hydrogen) atoms. The standard InChI is InChI=1S/C8H20Cl3NOSi2/c1-14(2,3)12-7(8(9,10)11)13-15(4,5)6/h7,12H,1-6H3. The largest absolute Gasteiger partial charge is 0.399 e. The topological polar surface area (TPSA) is 21.3 Å². The van der Waals surface area contributed by atoms with Gasteiger partial charge in [-0.25, -0.2) is 0 Å². The smallest absolute Gasteiger partial charge is 0.227 e. The molecule has 0 aliphatic heterocycles. The van der Waals surface area contributed by atoms with E-state index in [1.165, 1.54) is 0 Å². The molecule has 0 aliphatic carbocycles. The highest BCUT2D eigenvalue weighted by atomic mass is 35.6. The summed E-state index contributed by atoms with van der Waals surface area (Å²) in [6, 6.07) is 0. The molecule has 0 amide bonds. The molecule has 0 saturated carbocycles. The van der Waals surface area contributed by atoms with Crippen LogP contribution in [0.3, 0.4) is 0 Å². The Balaban J connectivity index is 4.62. The quantitative estimate of drug-likeness (QED) is 0.482. The van der Waals surface area contributed by atoms with E-state index in [9.17, 15) is 0 Å². The average Bonchev–Trinajstić information content (AvgIpc) is 1.75. The van der Waals surface area contributed by atoms with Crippen LogP contribution in [0.4, 0.5) is 0 Å². The van der Waals surface area contributed by atoms with Crippen LogP contribution in [0.2, 0.25) is 39.3 Å². The highest BCUT2D eigenvalue weighted by Crippen LogP contribution is 2.33. The lowest BCUT2D eigenvalue weighted by Gasteiger charge is -2.36. The maximum absolute atomic E-state index is 5.90. The molecular formula is C8H20Cl3NOSi2. The first-order chi connectivity index (χ1) is 6.31. The molecule has 0 aromatic rings. The molecule has 2 nitrogen and oxygen atoms in total. The van der Waals surface area contributed by atoms with Crippen LogP contribution < -0.4 is 4.98 Å². The molecule has 0 aliphatic rings. The fourth-order valence-corrected chi connectivity index (χ4v) is 3.84. The van der Waals surface area contributed by atoms with Gasteiger partial charge in [-0.05, 0) is 19.6 Å². The molecule has 0 bridgehead atoms. The highest BCUT2D eigenvalue weighted by molar-refractivity contribution is 6.75. The Morgan fingerprint density at radius 2 is 1.40 bits per heavy atom. The maximum atomic E-state index is 5.90. The monoisotopic (exact) mass is 307 g/mol. The summed E-state index contributed by atoms with van der Waals surface area (Å²) in [7, 11) is -3.26. The number of hydrogen-bond donors (Lipinski definition) is 1. The van der Waals surface area contributed by atoms with Gasteiger partial charge in [-0.3, -0.25) is 0 Å². The molecule has 1 N–H and O–H groups in total. The summed E-state index contributed by atoms with van der Waals surface area (Å²) in [6.45, 7) is 12.6. The molecule has 0 heterocycles.